The summed E-state index contributed by atoms with van der Waals surface area (Å²) in [6.45, 7) is 16.8. The topological polar surface area (TPSA) is 382 Å². The Labute approximate surface area is 617 Å². The molecule has 2 fully saturated rings. The third-order valence-electron chi connectivity index (χ3n) is 19.5. The summed E-state index contributed by atoms with van der Waals surface area (Å²) in [7, 11) is 1.56. The first-order valence-electron chi connectivity index (χ1n) is 35.5. The first-order valence-corrected chi connectivity index (χ1v) is 35.5. The van der Waals surface area contributed by atoms with Gasteiger partial charge < -0.3 is 66.7 Å². The number of carboxylic acid groups (broad SMARTS) is 2. The van der Waals surface area contributed by atoms with Crippen molar-refractivity contribution in [3.8, 4) is 11.5 Å². The molecule has 6 aliphatic heterocycles. The van der Waals surface area contributed by atoms with Crippen molar-refractivity contribution in [2.24, 2.45) is 16.7 Å². The molecule has 0 radical (unpaired) electrons. The van der Waals surface area contributed by atoms with Crippen molar-refractivity contribution < 1.29 is 80.8 Å². The van der Waals surface area contributed by atoms with Gasteiger partial charge in [0.2, 0.25) is 47.3 Å². The van der Waals surface area contributed by atoms with Crippen molar-refractivity contribution in [1.82, 2.24) is 77.0 Å². The number of likely N-dealkylation sites (tertiary alicyclic amines) is 2. The minimum Gasteiger partial charge on any atom is -0.487 e. The lowest BCUT2D eigenvalue weighted by Crippen LogP contribution is -2.60. The normalized spacial score (nSPS) is 22.0. The molecule has 12 atom stereocenters. The van der Waals surface area contributed by atoms with E-state index in [0.29, 0.717) is 34.6 Å². The fourth-order valence-corrected chi connectivity index (χ4v) is 12.9. The number of hydrogen-bond donors (Lipinski definition) is 9. The van der Waals surface area contributed by atoms with Crippen LogP contribution in [0.25, 0.3) is 0 Å². The number of aromatic nitrogens is 6. The molecule has 0 aliphatic carbocycles. The maximum absolute atomic E-state index is 15.1. The number of nitrogens with zero attached hydrogens (tertiary/aromatic N) is 8. The molecule has 9 N–H and O–H groups in total. The largest absolute Gasteiger partial charge is 0.487 e. The zero-order valence-corrected chi connectivity index (χ0v) is 61.6. The highest BCUT2D eigenvalue weighted by molar-refractivity contribution is 5.98. The van der Waals surface area contributed by atoms with Crippen molar-refractivity contribution in [3.63, 3.8) is 0 Å². The molecule has 2 aromatic heterocycles. The van der Waals surface area contributed by atoms with Crippen LogP contribution in [0.1, 0.15) is 138 Å². The minimum atomic E-state index is -4.81. The van der Waals surface area contributed by atoms with Gasteiger partial charge in [-0.25, -0.2) is 19.0 Å². The van der Waals surface area contributed by atoms with Gasteiger partial charge in [0, 0.05) is 57.5 Å². The second-order valence-electron chi connectivity index (χ2n) is 29.9. The van der Waals surface area contributed by atoms with Crippen molar-refractivity contribution in [2.75, 3.05) is 20.1 Å². The van der Waals surface area contributed by atoms with Crippen molar-refractivity contribution in [1.29, 1.82) is 0 Å². The van der Waals surface area contributed by atoms with E-state index in [9.17, 15) is 52.2 Å². The van der Waals surface area contributed by atoms with Gasteiger partial charge in [-0.15, -0.1) is 10.2 Å². The Hall–Kier alpha value is -10.8. The summed E-state index contributed by atoms with van der Waals surface area (Å²) in [4.78, 5) is 146. The fourth-order valence-electron chi connectivity index (χ4n) is 12.9. The number of halogens is 3. The Bertz CT molecular complexity index is 4210. The summed E-state index contributed by atoms with van der Waals surface area (Å²) in [6.07, 6.45) is -2.73. The van der Waals surface area contributed by atoms with E-state index in [0.717, 1.165) is 23.8 Å². The lowest BCUT2D eigenvalue weighted by molar-refractivity contribution is -0.145. The number of likely N-dealkylation sites (N-methyl/N-ethyl adjacent to an activating group) is 1. The lowest BCUT2D eigenvalue weighted by Gasteiger charge is -2.36. The highest BCUT2D eigenvalue weighted by Gasteiger charge is 2.49. The molecule has 574 valence electrons. The standard InChI is InChI=1S/C75H94F3N15O14/c1-12-42(3)63(94)84-61(73(5,6)7)69(100)90-37-51-33-59(90)67(98)80-55(31-46-16-13-15-41(2)27-46)65(96)82-57(71(102)103)29-44-19-23-53(24-20-44)107-40-50-36-93(89-87-50)52-34-60(91(38-52)70(101)62(74(8,9)10)85-64(95)43(4)79-11)68(99)81-56(32-47-17-14-18-48(28-47)75(76,77)78)66(97)83-58(72(104)105)30-45-21-25-54(26-22-45)106-39-49-35-92(51)88-86-49/h13-28,35-36,42-43,51-52,55-62,79H,12,29-34,37-40H2,1-11H3,(H,80,98)(H,81,99)(H,82,96)(H,83,97)(H,84,94)(H,85,95)(H,102,103)(H,104,105)/t42-,43+,51+,52+,55+,56+,57+,58+,59+,60+,61-,62-/m1/s1. The molecular weight excluding hydrogens is 1390 g/mol. The first-order chi connectivity index (χ1) is 50.5. The number of aliphatic carboxylic acids is 2. The predicted molar refractivity (Wildman–Crippen MR) is 381 cm³/mol. The Morgan fingerprint density at radius 2 is 1.01 bits per heavy atom. The zero-order valence-electron chi connectivity index (χ0n) is 61.6. The number of carboxylic acids is 2. The van der Waals surface area contributed by atoms with Gasteiger partial charge >= 0.3 is 18.1 Å². The number of alkyl halides is 3. The van der Waals surface area contributed by atoms with E-state index in [1.54, 1.807) is 105 Å². The number of ether oxygens (including phenoxy) is 2. The highest BCUT2D eigenvalue weighted by Crippen LogP contribution is 2.35. The lowest BCUT2D eigenvalue weighted by atomic mass is 9.85. The van der Waals surface area contributed by atoms with Gasteiger partial charge in [0.15, 0.2) is 0 Å². The van der Waals surface area contributed by atoms with Gasteiger partial charge in [-0.1, -0.05) is 138 Å². The van der Waals surface area contributed by atoms with Crippen molar-refractivity contribution in [2.45, 2.75) is 200 Å². The average Bonchev–Trinajstić information content (AvgIpc) is 1.66. The molecule has 6 aromatic rings. The molecule has 29 nitrogen and oxygen atoms in total. The Kier molecular flexibility index (Phi) is 25.7. The zero-order chi connectivity index (χ0) is 78.0. The Morgan fingerprint density at radius 1 is 0.589 bits per heavy atom. The van der Waals surface area contributed by atoms with Crippen LogP contribution in [0.5, 0.6) is 11.5 Å². The van der Waals surface area contributed by atoms with E-state index in [1.807, 2.05) is 26.0 Å². The summed E-state index contributed by atoms with van der Waals surface area (Å²) in [5.74, 6) is -8.59. The molecule has 6 aliphatic rings. The highest BCUT2D eigenvalue weighted by atomic mass is 19.4. The predicted octanol–water partition coefficient (Wildman–Crippen LogP) is 4.75. The van der Waals surface area contributed by atoms with Crippen LogP contribution in [-0.4, -0.2) is 184 Å². The third kappa shape index (κ3) is 20.8. The van der Waals surface area contributed by atoms with Crippen LogP contribution in [0.3, 0.4) is 0 Å². The van der Waals surface area contributed by atoms with Gasteiger partial charge in [0.25, 0.3) is 0 Å². The molecule has 0 saturated carbocycles. The van der Waals surface area contributed by atoms with Gasteiger partial charge in [0.05, 0.1) is 36.1 Å². The van der Waals surface area contributed by atoms with E-state index >= 15 is 19.2 Å². The molecule has 12 bridgehead atoms. The molecule has 12 rings (SSSR count). The maximum atomic E-state index is 15.1. The number of rotatable bonds is 14. The monoisotopic (exact) mass is 1490 g/mol. The maximum Gasteiger partial charge on any atom is 0.416 e. The van der Waals surface area contributed by atoms with E-state index in [4.69, 9.17) is 9.47 Å². The minimum absolute atomic E-state index is 0.0571. The number of hydrogen-bond acceptors (Lipinski definition) is 17. The van der Waals surface area contributed by atoms with Crippen LogP contribution >= 0.6 is 0 Å². The second kappa shape index (κ2) is 34.2. The molecule has 107 heavy (non-hydrogen) atoms. The SMILES string of the molecule is CC[C@@H](C)C(=O)N[C@H](C(=O)N1C[C@@H]2C[C@H]1C(=O)N[C@@H](Cc1cccc(C)c1)C(=O)N[C@H](C(=O)O)Cc1ccc(cc1)OCc1cn(nn1)[C@H]1C[C@@H](C(=O)N[C@@H](Cc3cccc(C(F)(F)F)c3)C(=O)N[C@H](C(=O)O)Cc3ccc(cc3)OCc3cn2nn3)N(C(=O)[C@@H](NC(=O)[C@H](C)NC)C(C)(C)C)C1)C(C)(C)C. The van der Waals surface area contributed by atoms with Crippen molar-refractivity contribution in [3.05, 3.63) is 154 Å². The molecule has 2 saturated heterocycles. The van der Waals surface area contributed by atoms with Gasteiger partial charge in [-0.05, 0) is 90.7 Å². The third-order valence-corrected chi connectivity index (χ3v) is 19.5. The van der Waals surface area contributed by atoms with Crippen LogP contribution in [0.15, 0.2) is 109 Å². The van der Waals surface area contributed by atoms with Crippen LogP contribution in [-0.2, 0) is 93.0 Å². The van der Waals surface area contributed by atoms with Gasteiger partial charge in [0.1, 0.15) is 84.4 Å². The molecule has 0 unspecified atom stereocenters. The van der Waals surface area contributed by atoms with Gasteiger partial charge in [-0.2, -0.15) is 13.2 Å². The second-order valence-corrected chi connectivity index (χ2v) is 29.9. The molecular formula is C75H94F3N15O14. The van der Waals surface area contributed by atoms with E-state index < -0.39 is 155 Å². The Balaban J connectivity index is 1.06. The number of benzene rings is 4. The number of carbonyl (C=O) groups is 10. The fraction of sp³-hybridized carbons (Fsp3) is 0.493. The van der Waals surface area contributed by atoms with E-state index in [-0.39, 0.29) is 81.3 Å². The van der Waals surface area contributed by atoms with Crippen LogP contribution in [0, 0.1) is 23.7 Å². The Morgan fingerprint density at radius 3 is 1.40 bits per heavy atom. The smallest absolute Gasteiger partial charge is 0.416 e. The molecule has 32 heteroatoms. The number of aryl methyl sites for hydroxylation is 1. The van der Waals surface area contributed by atoms with Crippen LogP contribution < -0.4 is 46.7 Å². The number of nitrogens with one attached hydrogen (secondary N) is 7. The van der Waals surface area contributed by atoms with Crippen LogP contribution in [0.4, 0.5) is 13.2 Å². The summed E-state index contributed by atoms with van der Waals surface area (Å²) >= 11 is 0. The summed E-state index contributed by atoms with van der Waals surface area (Å²) in [5, 5.41) is 57.8. The number of amides is 8. The van der Waals surface area contributed by atoms with Crippen LogP contribution in [0.2, 0.25) is 0 Å². The quantitative estimate of drug-likeness (QED) is 0.0710. The molecule has 4 aromatic carbocycles. The summed E-state index contributed by atoms with van der Waals surface area (Å²) < 4.78 is 57.7. The number of carbonyl (C=O) groups excluding carboxylic acids is 8. The molecule has 8 amide bonds. The summed E-state index contributed by atoms with van der Waals surface area (Å²) in [5.41, 5.74) is -0.0886. The molecule has 0 spiro atoms. The van der Waals surface area contributed by atoms with Gasteiger partial charge in [-0.3, -0.25) is 38.4 Å². The first kappa shape index (κ1) is 80.3. The average molecular weight is 1490 g/mol. The summed E-state index contributed by atoms with van der Waals surface area (Å²) in [6, 6.07) is 9.97. The van der Waals surface area contributed by atoms with E-state index in [2.05, 4.69) is 57.8 Å². The molecule has 8 heterocycles. The van der Waals surface area contributed by atoms with E-state index in [1.165, 1.54) is 55.7 Å². The van der Waals surface area contributed by atoms with Crippen molar-refractivity contribution >= 4 is 59.2 Å².